The van der Waals surface area contributed by atoms with Gasteiger partial charge in [-0.3, -0.25) is 9.69 Å². The Bertz CT molecular complexity index is 622. The third-order valence-electron chi connectivity index (χ3n) is 6.83. The maximum atomic E-state index is 12.7. The van der Waals surface area contributed by atoms with Crippen molar-refractivity contribution in [1.29, 1.82) is 0 Å². The number of anilines is 1. The van der Waals surface area contributed by atoms with Crippen LogP contribution in [0.15, 0.2) is 24.3 Å². The molecular weight excluding hydrogens is 381 g/mol. The van der Waals surface area contributed by atoms with Crippen LogP contribution in [0.3, 0.4) is 0 Å². The summed E-state index contributed by atoms with van der Waals surface area (Å²) in [5.74, 6) is 1.19. The fourth-order valence-electron chi connectivity index (χ4n) is 5.27. The molecule has 4 rings (SSSR count). The van der Waals surface area contributed by atoms with E-state index in [-0.39, 0.29) is 42.7 Å². The second-order valence-corrected chi connectivity index (χ2v) is 8.44. The number of fused-ring (bicyclic) bond motifs is 2. The summed E-state index contributed by atoms with van der Waals surface area (Å²) in [4.78, 5) is 15.2. The van der Waals surface area contributed by atoms with Gasteiger partial charge in [0.1, 0.15) is 0 Å². The van der Waals surface area contributed by atoms with Crippen molar-refractivity contribution < 1.29 is 4.79 Å². The summed E-state index contributed by atoms with van der Waals surface area (Å²) in [5, 5.41) is 3.11. The van der Waals surface area contributed by atoms with Crippen molar-refractivity contribution in [2.45, 2.75) is 64.1 Å². The Balaban J connectivity index is 0.00000131. The maximum Gasteiger partial charge on any atom is 0.229 e. The summed E-state index contributed by atoms with van der Waals surface area (Å²) in [6, 6.07) is 9.11. The van der Waals surface area contributed by atoms with E-state index in [0.29, 0.717) is 17.9 Å². The molecule has 0 radical (unpaired) electrons. The summed E-state index contributed by atoms with van der Waals surface area (Å²) < 4.78 is 0. The molecule has 3 N–H and O–H groups in total. The Morgan fingerprint density at radius 1 is 1.11 bits per heavy atom. The highest BCUT2D eigenvalue weighted by Crippen LogP contribution is 2.47. The van der Waals surface area contributed by atoms with E-state index >= 15 is 0 Å². The molecule has 0 aromatic heterocycles. The minimum Gasteiger partial charge on any atom is -0.327 e. The van der Waals surface area contributed by atoms with Crippen LogP contribution in [0, 0.1) is 17.8 Å². The topological polar surface area (TPSA) is 58.4 Å². The smallest absolute Gasteiger partial charge is 0.229 e. The highest BCUT2D eigenvalue weighted by molar-refractivity contribution is 5.93. The summed E-state index contributed by atoms with van der Waals surface area (Å²) in [6.45, 7) is 4.53. The van der Waals surface area contributed by atoms with Crippen molar-refractivity contribution in [2.24, 2.45) is 23.5 Å². The average Bonchev–Trinajstić information content (AvgIpc) is 3.19. The number of nitrogens with zero attached hydrogens (tertiary/aromatic N) is 1. The highest BCUT2D eigenvalue weighted by atomic mass is 35.5. The molecule has 27 heavy (non-hydrogen) atoms. The molecule has 2 bridgehead atoms. The number of amides is 1. The lowest BCUT2D eigenvalue weighted by atomic mass is 9.84. The molecule has 1 aliphatic heterocycles. The standard InChI is InChI=1S/C21H31N3O.2ClH/c1-14-4-2-3-11-24(14)13-15-5-9-18(10-6-15)23-21(25)19-16-7-8-17(12-16)20(19)22;;/h5-6,9-10,14,16-17,19-20H,2-4,7-8,11-13,22H2,1H3,(H,23,25);2*1H. The van der Waals surface area contributed by atoms with Gasteiger partial charge in [-0.15, -0.1) is 24.8 Å². The Labute approximate surface area is 175 Å². The Morgan fingerprint density at radius 3 is 2.44 bits per heavy atom. The first-order valence-electron chi connectivity index (χ1n) is 10.0. The van der Waals surface area contributed by atoms with Crippen molar-refractivity contribution in [1.82, 2.24) is 4.90 Å². The molecular formula is C21H33Cl2N3O. The third kappa shape index (κ3) is 4.79. The number of carbonyl (C=O) groups is 1. The molecule has 1 heterocycles. The van der Waals surface area contributed by atoms with E-state index in [1.165, 1.54) is 44.2 Å². The number of hydrogen-bond acceptors (Lipinski definition) is 3. The van der Waals surface area contributed by atoms with Crippen molar-refractivity contribution in [3.8, 4) is 0 Å². The predicted molar refractivity (Wildman–Crippen MR) is 116 cm³/mol. The molecule has 1 saturated heterocycles. The second kappa shape index (κ2) is 9.60. The number of nitrogens with one attached hydrogen (secondary N) is 1. The van der Waals surface area contributed by atoms with Gasteiger partial charge >= 0.3 is 0 Å². The van der Waals surface area contributed by atoms with E-state index in [9.17, 15) is 4.79 Å². The van der Waals surface area contributed by atoms with Crippen LogP contribution in [0.25, 0.3) is 0 Å². The summed E-state index contributed by atoms with van der Waals surface area (Å²) in [5.41, 5.74) is 8.51. The third-order valence-corrected chi connectivity index (χ3v) is 6.83. The highest BCUT2D eigenvalue weighted by Gasteiger charge is 2.49. The quantitative estimate of drug-likeness (QED) is 0.776. The molecule has 152 valence electrons. The van der Waals surface area contributed by atoms with Gasteiger partial charge in [0.25, 0.3) is 0 Å². The second-order valence-electron chi connectivity index (χ2n) is 8.44. The maximum absolute atomic E-state index is 12.7. The van der Waals surface area contributed by atoms with Crippen LogP contribution in [-0.2, 0) is 11.3 Å². The van der Waals surface area contributed by atoms with Gasteiger partial charge in [0, 0.05) is 24.3 Å². The minimum absolute atomic E-state index is 0. The van der Waals surface area contributed by atoms with E-state index < -0.39 is 0 Å². The van der Waals surface area contributed by atoms with E-state index in [4.69, 9.17) is 5.73 Å². The van der Waals surface area contributed by atoms with Gasteiger partial charge in [0.05, 0.1) is 5.92 Å². The SMILES string of the molecule is CC1CCCCN1Cc1ccc(NC(=O)C2C3CCC(C3)C2N)cc1.Cl.Cl. The van der Waals surface area contributed by atoms with Crippen LogP contribution < -0.4 is 11.1 Å². The zero-order valence-electron chi connectivity index (χ0n) is 16.1. The lowest BCUT2D eigenvalue weighted by Gasteiger charge is -2.33. The molecule has 4 nitrogen and oxygen atoms in total. The van der Waals surface area contributed by atoms with Gasteiger partial charge in [0.2, 0.25) is 5.91 Å². The Morgan fingerprint density at radius 2 is 1.81 bits per heavy atom. The molecule has 5 unspecified atom stereocenters. The summed E-state index contributed by atoms with van der Waals surface area (Å²) in [7, 11) is 0. The molecule has 1 aromatic carbocycles. The molecule has 1 aromatic rings. The number of halogens is 2. The van der Waals surface area contributed by atoms with E-state index in [2.05, 4.69) is 29.3 Å². The van der Waals surface area contributed by atoms with Crippen LogP contribution >= 0.6 is 24.8 Å². The molecule has 3 fully saturated rings. The van der Waals surface area contributed by atoms with Gasteiger partial charge in [-0.05, 0) is 75.1 Å². The van der Waals surface area contributed by atoms with E-state index in [0.717, 1.165) is 18.7 Å². The zero-order valence-corrected chi connectivity index (χ0v) is 17.7. The molecule has 5 atom stereocenters. The van der Waals surface area contributed by atoms with Crippen LogP contribution in [-0.4, -0.2) is 29.4 Å². The normalized spacial score (nSPS) is 32.4. The average molecular weight is 414 g/mol. The number of nitrogens with two attached hydrogens (primary N) is 1. The van der Waals surface area contributed by atoms with E-state index in [1.807, 2.05) is 12.1 Å². The van der Waals surface area contributed by atoms with E-state index in [1.54, 1.807) is 0 Å². The van der Waals surface area contributed by atoms with Gasteiger partial charge in [0.15, 0.2) is 0 Å². The van der Waals surface area contributed by atoms with Crippen LogP contribution in [0.4, 0.5) is 5.69 Å². The molecule has 6 heteroatoms. The summed E-state index contributed by atoms with van der Waals surface area (Å²) >= 11 is 0. The number of carbonyl (C=O) groups excluding carboxylic acids is 1. The minimum atomic E-state index is 0. The van der Waals surface area contributed by atoms with Gasteiger partial charge in [-0.1, -0.05) is 18.6 Å². The van der Waals surface area contributed by atoms with Crippen molar-refractivity contribution >= 4 is 36.4 Å². The Kier molecular flexibility index (Phi) is 7.99. The largest absolute Gasteiger partial charge is 0.327 e. The lowest BCUT2D eigenvalue weighted by molar-refractivity contribution is -0.121. The lowest BCUT2D eigenvalue weighted by Crippen LogP contribution is -2.42. The van der Waals surface area contributed by atoms with Crippen molar-refractivity contribution in [3.05, 3.63) is 29.8 Å². The first-order valence-corrected chi connectivity index (χ1v) is 10.0. The molecule has 0 spiro atoms. The van der Waals surface area contributed by atoms with Crippen molar-refractivity contribution in [3.63, 3.8) is 0 Å². The summed E-state index contributed by atoms with van der Waals surface area (Å²) in [6.07, 6.45) is 7.49. The molecule has 1 amide bonds. The number of rotatable bonds is 4. The zero-order chi connectivity index (χ0) is 17.4. The monoisotopic (exact) mass is 413 g/mol. The van der Waals surface area contributed by atoms with Gasteiger partial charge < -0.3 is 11.1 Å². The van der Waals surface area contributed by atoms with Gasteiger partial charge in [-0.2, -0.15) is 0 Å². The number of hydrogen-bond donors (Lipinski definition) is 2. The van der Waals surface area contributed by atoms with Crippen LogP contribution in [0.2, 0.25) is 0 Å². The fraction of sp³-hybridized carbons (Fsp3) is 0.667. The molecule has 3 aliphatic rings. The van der Waals surface area contributed by atoms with Gasteiger partial charge in [-0.25, -0.2) is 0 Å². The first kappa shape index (κ1) is 22.5. The first-order chi connectivity index (χ1) is 12.1. The van der Waals surface area contributed by atoms with Crippen molar-refractivity contribution in [2.75, 3.05) is 11.9 Å². The Hall–Kier alpha value is -0.810. The number of benzene rings is 1. The fourth-order valence-corrected chi connectivity index (χ4v) is 5.27. The van der Waals surface area contributed by atoms with Crippen LogP contribution in [0.1, 0.15) is 51.0 Å². The number of likely N-dealkylation sites (tertiary alicyclic amines) is 1. The number of piperidine rings is 1. The predicted octanol–water partition coefficient (Wildman–Crippen LogP) is 4.22. The van der Waals surface area contributed by atoms with Crippen LogP contribution in [0.5, 0.6) is 0 Å². The molecule has 2 aliphatic carbocycles. The molecule has 2 saturated carbocycles.